The van der Waals surface area contributed by atoms with Crippen LogP contribution in [0.25, 0.3) is 0 Å². The zero-order valence-corrected chi connectivity index (χ0v) is 11.0. The van der Waals surface area contributed by atoms with Crippen LogP contribution in [0.1, 0.15) is 56.7 Å². The molecular formula is C15H22FN. The lowest BCUT2D eigenvalue weighted by Gasteiger charge is -2.21. The zero-order valence-electron chi connectivity index (χ0n) is 11.0. The number of hydrogen-bond acceptors (Lipinski definition) is 1. The molecule has 0 bridgehead atoms. The second-order valence-electron chi connectivity index (χ2n) is 5.05. The third kappa shape index (κ3) is 2.11. The molecule has 3 atom stereocenters. The quantitative estimate of drug-likeness (QED) is 0.831. The van der Waals surface area contributed by atoms with E-state index in [1.165, 1.54) is 5.56 Å². The van der Waals surface area contributed by atoms with E-state index in [1.807, 2.05) is 6.07 Å². The van der Waals surface area contributed by atoms with Gasteiger partial charge in [-0.25, -0.2) is 4.39 Å². The van der Waals surface area contributed by atoms with Crippen LogP contribution < -0.4 is 5.32 Å². The lowest BCUT2D eigenvalue weighted by Crippen LogP contribution is -2.25. The van der Waals surface area contributed by atoms with Gasteiger partial charge in [-0.3, -0.25) is 0 Å². The molecule has 0 radical (unpaired) electrons. The molecule has 2 heteroatoms. The predicted molar refractivity (Wildman–Crippen MR) is 69.6 cm³/mol. The molecule has 1 aromatic carbocycles. The Morgan fingerprint density at radius 1 is 1.29 bits per heavy atom. The van der Waals surface area contributed by atoms with Crippen LogP contribution in [0.4, 0.5) is 4.39 Å². The van der Waals surface area contributed by atoms with Gasteiger partial charge >= 0.3 is 0 Å². The van der Waals surface area contributed by atoms with Gasteiger partial charge in [0.15, 0.2) is 0 Å². The Morgan fingerprint density at radius 3 is 2.71 bits per heavy atom. The first-order valence-corrected chi connectivity index (χ1v) is 6.72. The number of hydrogen-bond donors (Lipinski definition) is 1. The number of halogens is 1. The SMILES string of the molecule is CCCNC1c2cccc(F)c2C(CC)C1C. The van der Waals surface area contributed by atoms with Gasteiger partial charge in [-0.15, -0.1) is 0 Å². The Bertz CT molecular complexity index is 389. The van der Waals surface area contributed by atoms with Gasteiger partial charge in [-0.1, -0.05) is 32.9 Å². The summed E-state index contributed by atoms with van der Waals surface area (Å²) >= 11 is 0. The third-order valence-corrected chi connectivity index (χ3v) is 4.01. The fourth-order valence-corrected chi connectivity index (χ4v) is 3.17. The van der Waals surface area contributed by atoms with E-state index >= 15 is 0 Å². The fourth-order valence-electron chi connectivity index (χ4n) is 3.17. The highest BCUT2D eigenvalue weighted by molar-refractivity contribution is 5.40. The first-order valence-electron chi connectivity index (χ1n) is 6.72. The minimum absolute atomic E-state index is 0.0259. The van der Waals surface area contributed by atoms with Crippen LogP contribution in [0.2, 0.25) is 0 Å². The highest BCUT2D eigenvalue weighted by atomic mass is 19.1. The molecule has 0 amide bonds. The smallest absolute Gasteiger partial charge is 0.127 e. The van der Waals surface area contributed by atoms with Crippen molar-refractivity contribution < 1.29 is 4.39 Å². The summed E-state index contributed by atoms with van der Waals surface area (Å²) in [5.74, 6) is 0.820. The van der Waals surface area contributed by atoms with Crippen molar-refractivity contribution in [3.05, 3.63) is 35.1 Å². The summed E-state index contributed by atoms with van der Waals surface area (Å²) in [5.41, 5.74) is 2.13. The van der Waals surface area contributed by atoms with E-state index in [2.05, 4.69) is 32.2 Å². The zero-order chi connectivity index (χ0) is 12.4. The fraction of sp³-hybridized carbons (Fsp3) is 0.600. The molecule has 0 heterocycles. The minimum Gasteiger partial charge on any atom is -0.310 e. The first kappa shape index (κ1) is 12.6. The van der Waals surface area contributed by atoms with Crippen LogP contribution in [0.3, 0.4) is 0 Å². The van der Waals surface area contributed by atoms with Gasteiger partial charge < -0.3 is 5.32 Å². The lowest BCUT2D eigenvalue weighted by molar-refractivity contribution is 0.360. The molecule has 0 fully saturated rings. The second kappa shape index (κ2) is 5.18. The van der Waals surface area contributed by atoms with E-state index in [0.717, 1.165) is 24.9 Å². The highest BCUT2D eigenvalue weighted by Gasteiger charge is 2.38. The Hall–Kier alpha value is -0.890. The van der Waals surface area contributed by atoms with E-state index in [9.17, 15) is 4.39 Å². The molecule has 17 heavy (non-hydrogen) atoms. The van der Waals surface area contributed by atoms with Crippen molar-refractivity contribution in [2.45, 2.75) is 45.6 Å². The first-order chi connectivity index (χ1) is 8.20. The minimum atomic E-state index is -0.0259. The van der Waals surface area contributed by atoms with Crippen molar-refractivity contribution in [3.63, 3.8) is 0 Å². The summed E-state index contributed by atoms with van der Waals surface area (Å²) in [5, 5.41) is 3.56. The maximum absolute atomic E-state index is 14.0. The van der Waals surface area contributed by atoms with E-state index in [1.54, 1.807) is 6.07 Å². The monoisotopic (exact) mass is 235 g/mol. The molecule has 1 aliphatic carbocycles. The van der Waals surface area contributed by atoms with Crippen LogP contribution in [-0.2, 0) is 0 Å². The van der Waals surface area contributed by atoms with E-state index in [-0.39, 0.29) is 5.82 Å². The van der Waals surface area contributed by atoms with Gasteiger partial charge in [0.25, 0.3) is 0 Å². The average Bonchev–Trinajstić information content (AvgIpc) is 2.60. The Labute approximate surface area is 103 Å². The maximum Gasteiger partial charge on any atom is 0.127 e. The van der Waals surface area contributed by atoms with Crippen LogP contribution in [0.15, 0.2) is 18.2 Å². The molecule has 1 nitrogen and oxygen atoms in total. The molecular weight excluding hydrogens is 213 g/mol. The predicted octanol–water partition coefficient (Wildman–Crippen LogP) is 4.01. The molecule has 1 aromatic rings. The van der Waals surface area contributed by atoms with Gasteiger partial charge in [-0.2, -0.15) is 0 Å². The van der Waals surface area contributed by atoms with Crippen LogP contribution >= 0.6 is 0 Å². The van der Waals surface area contributed by atoms with E-state index < -0.39 is 0 Å². The van der Waals surface area contributed by atoms with E-state index in [4.69, 9.17) is 0 Å². The molecule has 0 aliphatic heterocycles. The summed E-state index contributed by atoms with van der Waals surface area (Å²) in [4.78, 5) is 0. The van der Waals surface area contributed by atoms with Crippen molar-refractivity contribution in [1.82, 2.24) is 5.32 Å². The van der Waals surface area contributed by atoms with Crippen LogP contribution in [-0.4, -0.2) is 6.54 Å². The summed E-state index contributed by atoms with van der Waals surface area (Å²) in [6.07, 6.45) is 2.13. The Morgan fingerprint density at radius 2 is 2.06 bits per heavy atom. The number of benzene rings is 1. The maximum atomic E-state index is 14.0. The van der Waals surface area contributed by atoms with Gasteiger partial charge in [0.1, 0.15) is 5.82 Å². The normalized spacial score (nSPS) is 27.2. The molecule has 1 aliphatic rings. The third-order valence-electron chi connectivity index (χ3n) is 4.01. The highest BCUT2D eigenvalue weighted by Crippen LogP contribution is 2.47. The van der Waals surface area contributed by atoms with Gasteiger partial charge in [0.05, 0.1) is 0 Å². The summed E-state index contributed by atoms with van der Waals surface area (Å²) < 4.78 is 14.0. The van der Waals surface area contributed by atoms with Gasteiger partial charge in [-0.05, 0) is 48.4 Å². The van der Waals surface area contributed by atoms with Crippen molar-refractivity contribution >= 4 is 0 Å². The molecule has 94 valence electrons. The number of fused-ring (bicyclic) bond motifs is 1. The molecule has 1 N–H and O–H groups in total. The van der Waals surface area contributed by atoms with Gasteiger partial charge in [0, 0.05) is 6.04 Å². The summed E-state index contributed by atoms with van der Waals surface area (Å²) in [7, 11) is 0. The summed E-state index contributed by atoms with van der Waals surface area (Å²) in [6.45, 7) is 7.55. The Balaban J connectivity index is 2.36. The number of nitrogens with one attached hydrogen (secondary N) is 1. The molecule has 3 unspecified atom stereocenters. The molecule has 0 aromatic heterocycles. The van der Waals surface area contributed by atoms with Crippen molar-refractivity contribution in [1.29, 1.82) is 0 Å². The van der Waals surface area contributed by atoms with Gasteiger partial charge in [0.2, 0.25) is 0 Å². The van der Waals surface area contributed by atoms with E-state index in [0.29, 0.717) is 17.9 Å². The standard InChI is InChI=1S/C15H22FN/c1-4-9-17-15-10(3)11(5-2)14-12(15)7-6-8-13(14)16/h6-8,10-11,15,17H,4-5,9H2,1-3H3. The number of rotatable bonds is 4. The molecule has 0 saturated heterocycles. The second-order valence-corrected chi connectivity index (χ2v) is 5.05. The van der Waals surface area contributed by atoms with Crippen molar-refractivity contribution in [2.24, 2.45) is 5.92 Å². The van der Waals surface area contributed by atoms with Crippen molar-refractivity contribution in [3.8, 4) is 0 Å². The van der Waals surface area contributed by atoms with Crippen molar-refractivity contribution in [2.75, 3.05) is 6.54 Å². The molecule has 0 saturated carbocycles. The van der Waals surface area contributed by atoms with Crippen LogP contribution in [0.5, 0.6) is 0 Å². The average molecular weight is 235 g/mol. The Kier molecular flexibility index (Phi) is 3.82. The largest absolute Gasteiger partial charge is 0.310 e. The molecule has 2 rings (SSSR count). The molecule has 0 spiro atoms. The van der Waals surface area contributed by atoms with Crippen LogP contribution in [0, 0.1) is 11.7 Å². The topological polar surface area (TPSA) is 12.0 Å². The lowest BCUT2D eigenvalue weighted by atomic mass is 9.90. The summed E-state index contributed by atoms with van der Waals surface area (Å²) in [6, 6.07) is 5.83.